The van der Waals surface area contributed by atoms with Gasteiger partial charge in [-0.3, -0.25) is 18.9 Å². The maximum atomic E-state index is 11.9. The Morgan fingerprint density at radius 1 is 1.61 bits per heavy atom. The van der Waals surface area contributed by atoms with Crippen LogP contribution in [0.15, 0.2) is 16.2 Å². The van der Waals surface area contributed by atoms with Crippen LogP contribution in [-0.4, -0.2) is 39.0 Å². The summed E-state index contributed by atoms with van der Waals surface area (Å²) in [5, 5.41) is 10.5. The lowest BCUT2D eigenvalue weighted by Crippen LogP contribution is -2.26. The zero-order valence-electron chi connectivity index (χ0n) is 10.1. The molecule has 1 N–H and O–H groups in total. The highest BCUT2D eigenvalue weighted by atomic mass is 32.1. The quantitative estimate of drug-likeness (QED) is 0.877. The molecule has 0 aliphatic heterocycles. The minimum absolute atomic E-state index is 0.0789. The van der Waals surface area contributed by atoms with Crippen LogP contribution in [0.3, 0.4) is 0 Å². The minimum atomic E-state index is -0.901. The summed E-state index contributed by atoms with van der Waals surface area (Å²) in [4.78, 5) is 29.0. The van der Waals surface area contributed by atoms with E-state index < -0.39 is 5.97 Å². The van der Waals surface area contributed by atoms with E-state index in [4.69, 9.17) is 5.11 Å². The van der Waals surface area contributed by atoms with Crippen LogP contribution in [-0.2, 0) is 11.3 Å². The second-order valence-corrected chi connectivity index (χ2v) is 4.98. The van der Waals surface area contributed by atoms with Gasteiger partial charge in [0.1, 0.15) is 0 Å². The van der Waals surface area contributed by atoms with Gasteiger partial charge in [0.05, 0.1) is 12.2 Å². The third kappa shape index (κ3) is 2.57. The fourth-order valence-electron chi connectivity index (χ4n) is 1.75. The Morgan fingerprint density at radius 2 is 2.33 bits per heavy atom. The zero-order valence-corrected chi connectivity index (χ0v) is 10.9. The number of hydrogen-bond acceptors (Lipinski definition) is 5. The van der Waals surface area contributed by atoms with Gasteiger partial charge in [0.15, 0.2) is 4.96 Å². The van der Waals surface area contributed by atoms with Crippen molar-refractivity contribution in [3.8, 4) is 0 Å². The number of nitrogens with zero attached hydrogens (tertiary/aromatic N) is 3. The van der Waals surface area contributed by atoms with Crippen LogP contribution in [0, 0.1) is 6.92 Å². The molecule has 0 saturated carbocycles. The largest absolute Gasteiger partial charge is 0.480 e. The van der Waals surface area contributed by atoms with E-state index in [0.717, 1.165) is 5.69 Å². The molecule has 2 aromatic heterocycles. The first kappa shape index (κ1) is 12.7. The predicted molar refractivity (Wildman–Crippen MR) is 68.0 cm³/mol. The molecule has 2 heterocycles. The summed E-state index contributed by atoms with van der Waals surface area (Å²) in [6.45, 7) is 2.11. The highest BCUT2D eigenvalue weighted by molar-refractivity contribution is 7.15. The van der Waals surface area contributed by atoms with Crippen LogP contribution < -0.4 is 5.56 Å². The van der Waals surface area contributed by atoms with E-state index in [2.05, 4.69) is 4.98 Å². The molecular weight excluding hydrogens is 254 g/mol. The number of carbonyl (C=O) groups is 1. The molecule has 0 saturated heterocycles. The van der Waals surface area contributed by atoms with Gasteiger partial charge in [-0.1, -0.05) is 0 Å². The normalized spacial score (nSPS) is 11.3. The summed E-state index contributed by atoms with van der Waals surface area (Å²) in [5.74, 6) is -0.901. The average molecular weight is 267 g/mol. The molecular formula is C11H13N3O3S. The first-order valence-corrected chi connectivity index (χ1v) is 6.22. The third-order valence-electron chi connectivity index (χ3n) is 2.47. The van der Waals surface area contributed by atoms with Crippen LogP contribution in [0.5, 0.6) is 0 Å². The van der Waals surface area contributed by atoms with Crippen LogP contribution in [0.2, 0.25) is 0 Å². The molecule has 0 aliphatic carbocycles. The van der Waals surface area contributed by atoms with E-state index in [9.17, 15) is 9.59 Å². The van der Waals surface area contributed by atoms with Gasteiger partial charge in [0.2, 0.25) is 0 Å². The molecule has 0 aliphatic rings. The molecule has 0 fully saturated rings. The van der Waals surface area contributed by atoms with E-state index >= 15 is 0 Å². The maximum absolute atomic E-state index is 11.9. The predicted octanol–water partition coefficient (Wildman–Crippen LogP) is 0.581. The van der Waals surface area contributed by atoms with Crippen molar-refractivity contribution >= 4 is 22.3 Å². The molecule has 7 heteroatoms. The Balaban J connectivity index is 2.30. The molecule has 0 amide bonds. The van der Waals surface area contributed by atoms with Crippen LogP contribution in [0.25, 0.3) is 4.96 Å². The SMILES string of the molecule is Cc1csc2nc(CN(C)CC(=O)O)cc(=O)n12. The first-order valence-electron chi connectivity index (χ1n) is 5.34. The van der Waals surface area contributed by atoms with Gasteiger partial charge in [-0.2, -0.15) is 0 Å². The summed E-state index contributed by atoms with van der Waals surface area (Å²) < 4.78 is 1.55. The Kier molecular flexibility index (Phi) is 3.44. The van der Waals surface area contributed by atoms with Gasteiger partial charge < -0.3 is 5.11 Å². The zero-order chi connectivity index (χ0) is 13.3. The van der Waals surface area contributed by atoms with Crippen molar-refractivity contribution in [2.24, 2.45) is 0 Å². The van der Waals surface area contributed by atoms with Gasteiger partial charge in [0.25, 0.3) is 5.56 Å². The highest BCUT2D eigenvalue weighted by Gasteiger charge is 2.10. The van der Waals surface area contributed by atoms with Crippen molar-refractivity contribution in [1.29, 1.82) is 0 Å². The topological polar surface area (TPSA) is 74.9 Å². The van der Waals surface area contributed by atoms with Crippen LogP contribution in [0.1, 0.15) is 11.4 Å². The Hall–Kier alpha value is -1.73. The number of rotatable bonds is 4. The molecule has 0 atom stereocenters. The van der Waals surface area contributed by atoms with E-state index in [0.29, 0.717) is 17.2 Å². The Labute approximate surface area is 107 Å². The third-order valence-corrected chi connectivity index (χ3v) is 3.41. The number of carboxylic acids is 1. The standard InChI is InChI=1S/C11H13N3O3S/c1-7-6-18-11-12-8(3-9(15)14(7)11)4-13(2)5-10(16)17/h3,6H,4-5H2,1-2H3,(H,16,17). The second-order valence-electron chi connectivity index (χ2n) is 4.15. The van der Waals surface area contributed by atoms with Gasteiger partial charge >= 0.3 is 5.97 Å². The second kappa shape index (κ2) is 4.87. The molecule has 0 radical (unpaired) electrons. The van der Waals surface area contributed by atoms with E-state index in [1.54, 1.807) is 16.3 Å². The molecule has 96 valence electrons. The van der Waals surface area contributed by atoms with Crippen LogP contribution in [0.4, 0.5) is 0 Å². The van der Waals surface area contributed by atoms with Gasteiger partial charge in [-0.05, 0) is 14.0 Å². The van der Waals surface area contributed by atoms with Crippen molar-refractivity contribution in [3.05, 3.63) is 33.2 Å². The fraction of sp³-hybridized carbons (Fsp3) is 0.364. The molecule has 2 aromatic rings. The number of aromatic nitrogens is 2. The molecule has 18 heavy (non-hydrogen) atoms. The number of aliphatic carboxylic acids is 1. The lowest BCUT2D eigenvalue weighted by Gasteiger charge is -2.12. The fourth-order valence-corrected chi connectivity index (χ4v) is 2.64. The van der Waals surface area contributed by atoms with E-state index in [1.807, 2.05) is 12.3 Å². The van der Waals surface area contributed by atoms with Crippen molar-refractivity contribution < 1.29 is 9.90 Å². The van der Waals surface area contributed by atoms with E-state index in [-0.39, 0.29) is 12.1 Å². The lowest BCUT2D eigenvalue weighted by molar-refractivity contribution is -0.138. The molecule has 2 rings (SSSR count). The molecule has 0 aromatic carbocycles. The van der Waals surface area contributed by atoms with Crippen molar-refractivity contribution in [3.63, 3.8) is 0 Å². The Bertz CT molecular complexity index is 647. The highest BCUT2D eigenvalue weighted by Crippen LogP contribution is 2.11. The lowest BCUT2D eigenvalue weighted by atomic mass is 10.3. The van der Waals surface area contributed by atoms with Gasteiger partial charge in [0, 0.05) is 23.7 Å². The van der Waals surface area contributed by atoms with Gasteiger partial charge in [-0.15, -0.1) is 11.3 Å². The van der Waals surface area contributed by atoms with Gasteiger partial charge in [-0.25, -0.2) is 4.98 Å². The Morgan fingerprint density at radius 3 is 3.00 bits per heavy atom. The molecule has 0 spiro atoms. The number of aryl methyl sites for hydroxylation is 1. The minimum Gasteiger partial charge on any atom is -0.480 e. The summed E-state index contributed by atoms with van der Waals surface area (Å²) in [5.41, 5.74) is 1.32. The van der Waals surface area contributed by atoms with Crippen molar-refractivity contribution in [1.82, 2.24) is 14.3 Å². The summed E-state index contributed by atoms with van der Waals surface area (Å²) in [6.07, 6.45) is 0. The number of thiazole rings is 1. The molecule has 0 unspecified atom stereocenters. The van der Waals surface area contributed by atoms with Crippen molar-refractivity contribution in [2.75, 3.05) is 13.6 Å². The number of carboxylic acid groups (broad SMARTS) is 1. The summed E-state index contributed by atoms with van der Waals surface area (Å²) in [6, 6.07) is 1.45. The summed E-state index contributed by atoms with van der Waals surface area (Å²) >= 11 is 1.40. The van der Waals surface area contributed by atoms with E-state index in [1.165, 1.54) is 17.4 Å². The maximum Gasteiger partial charge on any atom is 0.317 e. The summed E-state index contributed by atoms with van der Waals surface area (Å²) in [7, 11) is 1.68. The molecule has 0 bridgehead atoms. The number of likely N-dealkylation sites (N-methyl/N-ethyl adjacent to an activating group) is 1. The number of fused-ring (bicyclic) bond motifs is 1. The molecule has 6 nitrogen and oxygen atoms in total. The number of hydrogen-bond donors (Lipinski definition) is 1. The monoisotopic (exact) mass is 267 g/mol. The smallest absolute Gasteiger partial charge is 0.317 e. The van der Waals surface area contributed by atoms with Crippen molar-refractivity contribution in [2.45, 2.75) is 13.5 Å². The average Bonchev–Trinajstić information content (AvgIpc) is 2.58. The first-order chi connectivity index (χ1) is 8.47. The van der Waals surface area contributed by atoms with Crippen LogP contribution >= 0.6 is 11.3 Å².